The Labute approximate surface area is 167 Å². The smallest absolute Gasteiger partial charge is 0.407 e. The molecule has 0 aliphatic carbocycles. The molecular weight excluding hydrogens is 424 g/mol. The van der Waals surface area contributed by atoms with Crippen molar-refractivity contribution in [3.8, 4) is 0 Å². The van der Waals surface area contributed by atoms with Gasteiger partial charge in [-0.2, -0.15) is 0 Å². The Balaban J connectivity index is 1.70. The topological polar surface area (TPSA) is 122 Å². The normalized spacial score (nSPS) is 16.2. The monoisotopic (exact) mass is 444 g/mol. The number of piperidine rings is 1. The van der Waals surface area contributed by atoms with Crippen molar-refractivity contribution in [3.63, 3.8) is 0 Å². The van der Waals surface area contributed by atoms with Crippen LogP contribution < -0.4 is 0 Å². The first kappa shape index (κ1) is 20.7. The number of amides is 1. The van der Waals surface area contributed by atoms with Crippen molar-refractivity contribution in [2.45, 2.75) is 34.3 Å². The zero-order valence-corrected chi connectivity index (χ0v) is 17.6. The number of aromatic nitrogens is 1. The van der Waals surface area contributed by atoms with Gasteiger partial charge in [-0.15, -0.1) is 11.3 Å². The molecule has 11 heteroatoms. The van der Waals surface area contributed by atoms with E-state index in [0.29, 0.717) is 31.6 Å². The lowest BCUT2D eigenvalue weighted by molar-refractivity contribution is 0.132. The summed E-state index contributed by atoms with van der Waals surface area (Å²) in [5.74, 6) is -0.138. The van der Waals surface area contributed by atoms with Gasteiger partial charge in [0.15, 0.2) is 19.7 Å². The van der Waals surface area contributed by atoms with E-state index >= 15 is 0 Å². The van der Waals surface area contributed by atoms with Crippen molar-refractivity contribution in [2.75, 3.05) is 19.3 Å². The molecule has 0 unspecified atom stereocenters. The van der Waals surface area contributed by atoms with Gasteiger partial charge >= 0.3 is 6.09 Å². The zero-order chi connectivity index (χ0) is 20.5. The second kappa shape index (κ2) is 7.80. The van der Waals surface area contributed by atoms with E-state index in [4.69, 9.17) is 5.11 Å². The van der Waals surface area contributed by atoms with Crippen LogP contribution in [0.2, 0.25) is 0 Å². The summed E-state index contributed by atoms with van der Waals surface area (Å²) >= 11 is 1.39. The molecule has 0 radical (unpaired) electrons. The predicted molar refractivity (Wildman–Crippen MR) is 104 cm³/mol. The first-order valence-corrected chi connectivity index (χ1v) is 12.9. The van der Waals surface area contributed by atoms with Crippen LogP contribution in [0.25, 0.3) is 0 Å². The van der Waals surface area contributed by atoms with Crippen molar-refractivity contribution in [1.29, 1.82) is 0 Å². The molecule has 1 aliphatic heterocycles. The minimum absolute atomic E-state index is 0.0456. The molecular formula is C17H20N2O6S3. The van der Waals surface area contributed by atoms with Gasteiger partial charge in [0.05, 0.1) is 26.2 Å². The lowest BCUT2D eigenvalue weighted by Gasteiger charge is -2.28. The Kier molecular flexibility index (Phi) is 5.78. The second-order valence-corrected chi connectivity index (χ2v) is 11.6. The molecule has 28 heavy (non-hydrogen) atoms. The standard InChI is InChI=1S/C17H20N2O6S3/c1-27(22,23)14-2-4-15(5-3-14)28(24,25)11-13-10-26-16(18-13)12-6-8-19(9-7-12)17(20)21/h2-5,10,12H,6-9,11H2,1H3,(H,20,21). The number of carboxylic acid groups (broad SMARTS) is 1. The quantitative estimate of drug-likeness (QED) is 0.751. The highest BCUT2D eigenvalue weighted by atomic mass is 32.2. The van der Waals surface area contributed by atoms with Crippen molar-refractivity contribution >= 4 is 37.1 Å². The highest BCUT2D eigenvalue weighted by Crippen LogP contribution is 2.31. The molecule has 1 N–H and O–H groups in total. The average Bonchev–Trinajstić information content (AvgIpc) is 3.09. The first-order chi connectivity index (χ1) is 13.1. The summed E-state index contributed by atoms with van der Waals surface area (Å²) in [6.45, 7) is 0.889. The van der Waals surface area contributed by atoms with E-state index in [1.807, 2.05) is 0 Å². The van der Waals surface area contributed by atoms with Gasteiger partial charge in [0.25, 0.3) is 0 Å². The molecule has 2 aromatic rings. The van der Waals surface area contributed by atoms with Gasteiger partial charge in [-0.1, -0.05) is 0 Å². The number of likely N-dealkylation sites (tertiary alicyclic amines) is 1. The maximum atomic E-state index is 12.6. The van der Waals surface area contributed by atoms with Gasteiger partial charge in [0, 0.05) is 30.6 Å². The third-order valence-electron chi connectivity index (χ3n) is 4.63. The summed E-state index contributed by atoms with van der Waals surface area (Å²) in [5, 5.41) is 11.5. The summed E-state index contributed by atoms with van der Waals surface area (Å²) < 4.78 is 48.2. The number of benzene rings is 1. The third kappa shape index (κ3) is 4.70. The molecule has 3 rings (SSSR count). The largest absolute Gasteiger partial charge is 0.465 e. The Morgan fingerprint density at radius 2 is 1.71 bits per heavy atom. The molecule has 2 heterocycles. The van der Waals surface area contributed by atoms with E-state index in [0.717, 1.165) is 11.3 Å². The molecule has 0 spiro atoms. The number of thiazole rings is 1. The fourth-order valence-corrected chi connectivity index (χ4v) is 6.05. The Bertz CT molecular complexity index is 1070. The van der Waals surface area contributed by atoms with Gasteiger partial charge in [-0.25, -0.2) is 26.6 Å². The average molecular weight is 445 g/mol. The molecule has 0 bridgehead atoms. The van der Waals surface area contributed by atoms with E-state index in [1.165, 1.54) is 40.5 Å². The van der Waals surface area contributed by atoms with Gasteiger partial charge in [0.2, 0.25) is 0 Å². The zero-order valence-electron chi connectivity index (χ0n) is 15.1. The van der Waals surface area contributed by atoms with Gasteiger partial charge in [-0.3, -0.25) is 0 Å². The maximum Gasteiger partial charge on any atom is 0.407 e. The number of sulfone groups is 2. The fraction of sp³-hybridized carbons (Fsp3) is 0.412. The molecule has 0 atom stereocenters. The Morgan fingerprint density at radius 1 is 1.14 bits per heavy atom. The van der Waals surface area contributed by atoms with Gasteiger partial charge in [-0.05, 0) is 37.1 Å². The first-order valence-electron chi connectivity index (χ1n) is 8.51. The van der Waals surface area contributed by atoms with Crippen molar-refractivity contribution in [2.24, 2.45) is 0 Å². The summed E-state index contributed by atoms with van der Waals surface area (Å²) in [6, 6.07) is 5.15. The van der Waals surface area contributed by atoms with E-state index < -0.39 is 25.8 Å². The van der Waals surface area contributed by atoms with Crippen LogP contribution in [-0.2, 0) is 25.4 Å². The molecule has 1 aromatic carbocycles. The van der Waals surface area contributed by atoms with Crippen LogP contribution in [0.1, 0.15) is 29.5 Å². The van der Waals surface area contributed by atoms with Gasteiger partial charge in [0.1, 0.15) is 0 Å². The van der Waals surface area contributed by atoms with E-state index in [9.17, 15) is 21.6 Å². The summed E-state index contributed by atoms with van der Waals surface area (Å²) in [4.78, 5) is 16.9. The molecule has 1 saturated heterocycles. The third-order valence-corrected chi connectivity index (χ3v) is 8.48. The van der Waals surface area contributed by atoms with Crippen LogP contribution >= 0.6 is 11.3 Å². The van der Waals surface area contributed by atoms with Crippen molar-refractivity contribution in [3.05, 3.63) is 40.3 Å². The molecule has 8 nitrogen and oxygen atoms in total. The minimum Gasteiger partial charge on any atom is -0.465 e. The van der Waals surface area contributed by atoms with Crippen LogP contribution in [-0.4, -0.2) is 57.3 Å². The molecule has 1 fully saturated rings. The van der Waals surface area contributed by atoms with Crippen LogP contribution in [0.3, 0.4) is 0 Å². The highest BCUT2D eigenvalue weighted by molar-refractivity contribution is 7.91. The number of carbonyl (C=O) groups is 1. The van der Waals surface area contributed by atoms with Crippen LogP contribution in [0, 0.1) is 0 Å². The Hall–Kier alpha value is -1.98. The molecule has 1 amide bonds. The maximum absolute atomic E-state index is 12.6. The predicted octanol–water partition coefficient (Wildman–Crippen LogP) is 2.38. The molecule has 0 saturated carbocycles. The lowest BCUT2D eigenvalue weighted by atomic mass is 9.98. The SMILES string of the molecule is CS(=O)(=O)c1ccc(S(=O)(=O)Cc2csc(C3CCN(C(=O)O)CC3)n2)cc1. The fourth-order valence-electron chi connectivity index (χ4n) is 3.07. The van der Waals surface area contributed by atoms with E-state index in [1.54, 1.807) is 5.38 Å². The van der Waals surface area contributed by atoms with Crippen LogP contribution in [0.4, 0.5) is 4.79 Å². The van der Waals surface area contributed by atoms with Crippen LogP contribution in [0.5, 0.6) is 0 Å². The van der Waals surface area contributed by atoms with Crippen molar-refractivity contribution in [1.82, 2.24) is 9.88 Å². The van der Waals surface area contributed by atoms with E-state index in [2.05, 4.69) is 4.98 Å². The summed E-state index contributed by atoms with van der Waals surface area (Å²) in [7, 11) is -7.04. The number of rotatable bonds is 5. The highest BCUT2D eigenvalue weighted by Gasteiger charge is 2.26. The second-order valence-electron chi connectivity index (χ2n) is 6.72. The minimum atomic E-state index is -3.65. The van der Waals surface area contributed by atoms with Gasteiger partial charge < -0.3 is 10.0 Å². The van der Waals surface area contributed by atoms with E-state index in [-0.39, 0.29) is 21.5 Å². The van der Waals surface area contributed by atoms with Crippen molar-refractivity contribution < 1.29 is 26.7 Å². The Morgan fingerprint density at radius 3 is 2.25 bits per heavy atom. The van der Waals surface area contributed by atoms with Crippen LogP contribution in [0.15, 0.2) is 39.4 Å². The number of hydrogen-bond donors (Lipinski definition) is 1. The molecule has 152 valence electrons. The molecule has 1 aliphatic rings. The summed E-state index contributed by atoms with van der Waals surface area (Å²) in [6.07, 6.45) is 1.47. The molecule has 1 aromatic heterocycles. The lowest BCUT2D eigenvalue weighted by Crippen LogP contribution is -2.36. The number of nitrogens with zero attached hydrogens (tertiary/aromatic N) is 2. The summed E-state index contributed by atoms with van der Waals surface area (Å²) in [5.41, 5.74) is 0.438. The number of hydrogen-bond acceptors (Lipinski definition) is 7.